The second kappa shape index (κ2) is 5.17. The minimum atomic E-state index is -0.440. The second-order valence-corrected chi connectivity index (χ2v) is 5.37. The minimum Gasteiger partial charge on any atom is -0.440 e. The first-order chi connectivity index (χ1) is 9.20. The summed E-state index contributed by atoms with van der Waals surface area (Å²) in [4.78, 5) is 13.3. The quantitative estimate of drug-likeness (QED) is 0.839. The molecule has 2 N–H and O–H groups in total. The van der Waals surface area contributed by atoms with Gasteiger partial charge in [0.2, 0.25) is 0 Å². The van der Waals surface area contributed by atoms with E-state index in [1.165, 1.54) is 42.3 Å². The number of amides is 1. The van der Waals surface area contributed by atoms with E-state index in [-0.39, 0.29) is 11.9 Å². The van der Waals surface area contributed by atoms with E-state index in [9.17, 15) is 9.18 Å². The van der Waals surface area contributed by atoms with Crippen molar-refractivity contribution in [2.24, 2.45) is 5.92 Å². The molecule has 102 valence electrons. The summed E-state index contributed by atoms with van der Waals surface area (Å²) in [6, 6.07) is 5.68. The summed E-state index contributed by atoms with van der Waals surface area (Å²) in [7, 11) is 0. The lowest BCUT2D eigenvalue weighted by atomic mass is 9.86. The molecule has 0 saturated carbocycles. The topological polar surface area (TPSA) is 42.8 Å². The number of anilines is 1. The van der Waals surface area contributed by atoms with Crippen molar-refractivity contribution < 1.29 is 18.8 Å². The van der Waals surface area contributed by atoms with E-state index in [0.29, 0.717) is 11.6 Å². The number of carbonyl (C=O) groups is 1. The predicted octanol–water partition coefficient (Wildman–Crippen LogP) is 1.05. The van der Waals surface area contributed by atoms with Crippen molar-refractivity contribution in [3.63, 3.8) is 0 Å². The Morgan fingerprint density at radius 3 is 2.53 bits per heavy atom. The van der Waals surface area contributed by atoms with Crippen molar-refractivity contribution in [2.45, 2.75) is 18.9 Å². The lowest BCUT2D eigenvalue weighted by Crippen LogP contribution is -3.16. The van der Waals surface area contributed by atoms with Crippen LogP contribution < -0.4 is 10.2 Å². The molecule has 5 heteroatoms. The number of halogens is 1. The van der Waals surface area contributed by atoms with E-state index in [4.69, 9.17) is 4.74 Å². The summed E-state index contributed by atoms with van der Waals surface area (Å²) in [5, 5.41) is 2.64. The van der Waals surface area contributed by atoms with Crippen LogP contribution in [0, 0.1) is 11.7 Å². The van der Waals surface area contributed by atoms with Crippen LogP contribution in [0.4, 0.5) is 14.9 Å². The van der Waals surface area contributed by atoms with E-state index >= 15 is 0 Å². The van der Waals surface area contributed by atoms with Crippen LogP contribution in [-0.2, 0) is 4.74 Å². The van der Waals surface area contributed by atoms with Crippen molar-refractivity contribution in [1.82, 2.24) is 0 Å². The summed E-state index contributed by atoms with van der Waals surface area (Å²) in [5.74, 6) is 0.191. The van der Waals surface area contributed by atoms with Crippen LogP contribution in [0.15, 0.2) is 24.3 Å². The van der Waals surface area contributed by atoms with E-state index in [1.807, 2.05) is 0 Å². The first-order valence-corrected chi connectivity index (χ1v) is 6.77. The average Bonchev–Trinajstić information content (AvgIpc) is 2.43. The molecule has 0 aliphatic carbocycles. The second-order valence-electron chi connectivity index (χ2n) is 5.37. The number of benzene rings is 1. The highest BCUT2D eigenvalue weighted by molar-refractivity contribution is 5.84. The fraction of sp³-hybridized carbons (Fsp3) is 0.500. The number of piperidine rings is 3. The van der Waals surface area contributed by atoms with Crippen molar-refractivity contribution in [3.8, 4) is 0 Å². The number of rotatable bonds is 2. The molecule has 3 aliphatic rings. The average molecular weight is 265 g/mol. The van der Waals surface area contributed by atoms with E-state index < -0.39 is 6.09 Å². The maximum Gasteiger partial charge on any atom is 0.412 e. The third-order valence-corrected chi connectivity index (χ3v) is 4.10. The summed E-state index contributed by atoms with van der Waals surface area (Å²) >= 11 is 0. The summed E-state index contributed by atoms with van der Waals surface area (Å²) in [6.45, 7) is 3.32. The Morgan fingerprint density at radius 1 is 1.26 bits per heavy atom. The monoisotopic (exact) mass is 265 g/mol. The molecule has 3 saturated heterocycles. The summed E-state index contributed by atoms with van der Waals surface area (Å²) in [5.41, 5.74) is 0.556. The summed E-state index contributed by atoms with van der Waals surface area (Å²) in [6.07, 6.45) is 1.87. The maximum atomic E-state index is 12.8. The number of quaternary nitrogens is 1. The SMILES string of the molecule is O=C(Nc1ccc(F)cc1)O[C@H]1C[NH+]2CCC1CC2. The van der Waals surface area contributed by atoms with Crippen LogP contribution in [0.1, 0.15) is 12.8 Å². The van der Waals surface area contributed by atoms with Crippen molar-refractivity contribution in [2.75, 3.05) is 25.0 Å². The highest BCUT2D eigenvalue weighted by Gasteiger charge is 2.39. The molecule has 4 rings (SSSR count). The molecule has 3 fully saturated rings. The van der Waals surface area contributed by atoms with Crippen LogP contribution in [0.2, 0.25) is 0 Å². The van der Waals surface area contributed by atoms with Crippen LogP contribution in [0.5, 0.6) is 0 Å². The molecule has 1 aromatic rings. The molecule has 0 radical (unpaired) electrons. The molecule has 19 heavy (non-hydrogen) atoms. The zero-order valence-corrected chi connectivity index (χ0v) is 10.7. The van der Waals surface area contributed by atoms with Gasteiger partial charge < -0.3 is 9.64 Å². The van der Waals surface area contributed by atoms with Crippen LogP contribution >= 0.6 is 0 Å². The fourth-order valence-electron chi connectivity index (χ4n) is 3.03. The fourth-order valence-corrected chi connectivity index (χ4v) is 3.03. The predicted molar refractivity (Wildman–Crippen MR) is 68.6 cm³/mol. The molecule has 2 bridgehead atoms. The summed E-state index contributed by atoms with van der Waals surface area (Å²) < 4.78 is 18.2. The Balaban J connectivity index is 1.55. The minimum absolute atomic E-state index is 0.0259. The van der Waals surface area contributed by atoms with E-state index in [0.717, 1.165) is 19.4 Å². The van der Waals surface area contributed by atoms with Gasteiger partial charge in [0, 0.05) is 24.4 Å². The van der Waals surface area contributed by atoms with Gasteiger partial charge in [0.05, 0.1) is 13.1 Å². The van der Waals surface area contributed by atoms with Gasteiger partial charge in [-0.05, 0) is 24.3 Å². The molecular weight excluding hydrogens is 247 g/mol. The Kier molecular flexibility index (Phi) is 3.38. The lowest BCUT2D eigenvalue weighted by molar-refractivity contribution is -0.920. The van der Waals surface area contributed by atoms with Crippen molar-refractivity contribution >= 4 is 11.8 Å². The van der Waals surface area contributed by atoms with Crippen molar-refractivity contribution in [1.29, 1.82) is 0 Å². The third kappa shape index (κ3) is 2.87. The molecule has 1 aromatic carbocycles. The van der Waals surface area contributed by atoms with Gasteiger partial charge in [0.15, 0.2) is 6.10 Å². The first-order valence-electron chi connectivity index (χ1n) is 6.77. The van der Waals surface area contributed by atoms with Crippen LogP contribution in [0.3, 0.4) is 0 Å². The van der Waals surface area contributed by atoms with Crippen LogP contribution in [-0.4, -0.2) is 31.8 Å². The molecule has 0 aromatic heterocycles. The normalized spacial score (nSPS) is 29.0. The van der Waals surface area contributed by atoms with Gasteiger partial charge in [-0.15, -0.1) is 0 Å². The Bertz CT molecular complexity index is 455. The molecule has 1 atom stereocenters. The molecule has 4 nitrogen and oxygen atoms in total. The highest BCUT2D eigenvalue weighted by Crippen LogP contribution is 2.21. The van der Waals surface area contributed by atoms with Gasteiger partial charge in [-0.1, -0.05) is 0 Å². The van der Waals surface area contributed by atoms with Gasteiger partial charge in [0.25, 0.3) is 0 Å². The van der Waals surface area contributed by atoms with Crippen LogP contribution in [0.25, 0.3) is 0 Å². The largest absolute Gasteiger partial charge is 0.440 e. The zero-order chi connectivity index (χ0) is 13.2. The third-order valence-electron chi connectivity index (χ3n) is 4.10. The standard InChI is InChI=1S/C14H17FN2O2/c15-11-1-3-12(4-2-11)16-14(18)19-13-9-17-7-5-10(13)6-8-17/h1-4,10,13H,5-9H2,(H,16,18)/p+1/t13-/m0/s1. The molecule has 0 unspecified atom stereocenters. The van der Waals surface area contributed by atoms with E-state index in [2.05, 4.69) is 5.32 Å². The maximum absolute atomic E-state index is 12.8. The molecule has 3 aliphatic heterocycles. The zero-order valence-electron chi connectivity index (χ0n) is 10.7. The van der Waals surface area contributed by atoms with E-state index in [1.54, 1.807) is 0 Å². The Morgan fingerprint density at radius 2 is 1.95 bits per heavy atom. The highest BCUT2D eigenvalue weighted by atomic mass is 19.1. The molecule has 1 amide bonds. The molecular formula is C14H18FN2O2+. The number of hydrogen-bond acceptors (Lipinski definition) is 2. The number of hydrogen-bond donors (Lipinski definition) is 2. The Labute approximate surface area is 111 Å². The Hall–Kier alpha value is -1.62. The van der Waals surface area contributed by atoms with Gasteiger partial charge in [-0.2, -0.15) is 0 Å². The molecule has 0 spiro atoms. The van der Waals surface area contributed by atoms with Gasteiger partial charge in [0.1, 0.15) is 12.4 Å². The smallest absolute Gasteiger partial charge is 0.412 e. The van der Waals surface area contributed by atoms with Gasteiger partial charge in [-0.25, -0.2) is 9.18 Å². The molecule has 3 heterocycles. The lowest BCUT2D eigenvalue weighted by Gasteiger charge is -2.40. The first kappa shape index (κ1) is 12.4. The number of nitrogens with one attached hydrogen (secondary N) is 2. The van der Waals surface area contributed by atoms with Gasteiger partial charge >= 0.3 is 6.09 Å². The number of fused-ring (bicyclic) bond motifs is 3. The number of ether oxygens (including phenoxy) is 1. The number of carbonyl (C=O) groups excluding carboxylic acids is 1. The van der Waals surface area contributed by atoms with Crippen molar-refractivity contribution in [3.05, 3.63) is 30.1 Å². The van der Waals surface area contributed by atoms with Gasteiger partial charge in [-0.3, -0.25) is 5.32 Å².